The predicted molar refractivity (Wildman–Crippen MR) is 163 cm³/mol. The minimum Gasteiger partial charge on any atom is -1.00 e. The molecule has 0 aliphatic carbocycles. The third-order valence-electron chi connectivity index (χ3n) is 5.44. The molecule has 330 valence electrons. The minimum absolute atomic E-state index is 0. The summed E-state index contributed by atoms with van der Waals surface area (Å²) in [5, 5.41) is 90.7. The van der Waals surface area contributed by atoms with Crippen molar-refractivity contribution in [3.63, 3.8) is 0 Å². The van der Waals surface area contributed by atoms with Crippen LogP contribution in [-0.4, -0.2) is 167 Å². The summed E-state index contributed by atoms with van der Waals surface area (Å²) in [6.45, 7) is 0.956. The first kappa shape index (κ1) is 79.6. The van der Waals surface area contributed by atoms with Gasteiger partial charge in [-0.05, 0) is 6.92 Å². The second-order valence-corrected chi connectivity index (χ2v) is 13.1. The number of phosphoric acid groups is 2. The van der Waals surface area contributed by atoms with E-state index in [1.165, 1.54) is 0 Å². The van der Waals surface area contributed by atoms with Gasteiger partial charge in [-0.25, -0.2) is 37.9 Å². The molecule has 0 aliphatic rings. The quantitative estimate of drug-likeness (QED) is 0.0157. The van der Waals surface area contributed by atoms with E-state index >= 15 is 0 Å². The molecule has 0 aromatic heterocycles. The number of hydrogen-bond donors (Lipinski definition) is 13. The molecule has 13 N–H and O–H groups in total. The van der Waals surface area contributed by atoms with Crippen molar-refractivity contribution in [3.8, 4) is 0 Å². The molecule has 0 amide bonds. The number of esters is 4. The molecule has 0 aliphatic heterocycles. The van der Waals surface area contributed by atoms with E-state index < -0.39 is 149 Å². The van der Waals surface area contributed by atoms with Gasteiger partial charge in [0.25, 0.3) is 0 Å². The first-order chi connectivity index (χ1) is 25.1. The first-order valence-corrected chi connectivity index (χ1v) is 16.7. The van der Waals surface area contributed by atoms with Crippen molar-refractivity contribution in [1.29, 1.82) is 0 Å². The zero-order valence-corrected chi connectivity index (χ0v) is 47.2. The van der Waals surface area contributed by atoms with Crippen LogP contribution in [0.1, 0.15) is 47.6 Å². The smallest absolute Gasteiger partial charge is 1.00 e. The maximum absolute atomic E-state index is 11.9. The molecule has 0 fully saturated rings. The van der Waals surface area contributed by atoms with Gasteiger partial charge in [0.1, 0.15) is 6.10 Å². The molecule has 39 heteroatoms. The Morgan fingerprint density at radius 3 is 1.13 bits per heavy atom. The Morgan fingerprint density at radius 2 is 0.887 bits per heavy atom. The van der Waals surface area contributed by atoms with Gasteiger partial charge in [-0.1, -0.05) is 0 Å². The van der Waals surface area contributed by atoms with Crippen LogP contribution >= 0.6 is 15.6 Å². The summed E-state index contributed by atoms with van der Waals surface area (Å²) in [4.78, 5) is 148. The van der Waals surface area contributed by atoms with E-state index in [4.69, 9.17) is 50.4 Å². The number of carboxylic acids is 6. The number of aliphatic carboxylic acids is 6. The van der Waals surface area contributed by atoms with E-state index in [2.05, 4.69) is 23.0 Å². The van der Waals surface area contributed by atoms with Crippen LogP contribution in [0.5, 0.6) is 0 Å². The SMILES string of the molecule is CC(O)C(=O)OC(=O)C(O)CC(=O)OP(=O)(O)OP(=O)(O)O.O=C(O)CC(O)(CC(=O)OC(C(=O)O)C(OC(=O)CC(O)(CC(=O)O)C(=O)O)C(=O)O)C(=O)O.[H-].[H-].[H-].[H-].[H-].[H-].[Na+].[Na+].[Na+].[Na+].[Na+].[Na+]. The number of ether oxygens (including phenoxy) is 3. The fourth-order valence-electron chi connectivity index (χ4n) is 3.07. The fraction of sp³-hybridized carbons (Fsp3) is 0.522. The molecular weight excluding hydrogens is 972 g/mol. The average Bonchev–Trinajstić information content (AvgIpc) is 2.95. The molecular formula is C23H36Na6O31P2. The van der Waals surface area contributed by atoms with Crippen molar-refractivity contribution in [1.82, 2.24) is 0 Å². The average molecular weight is 1010 g/mol. The van der Waals surface area contributed by atoms with Crippen LogP contribution in [0, 0.1) is 0 Å². The summed E-state index contributed by atoms with van der Waals surface area (Å²) in [6, 6.07) is 0. The molecule has 7 atom stereocenters. The normalized spacial score (nSPS) is 14.8. The summed E-state index contributed by atoms with van der Waals surface area (Å²) in [6.07, 6.45) is -17.6. The number of carbonyl (C=O) groups is 11. The summed E-state index contributed by atoms with van der Waals surface area (Å²) >= 11 is 0. The van der Waals surface area contributed by atoms with E-state index in [0.29, 0.717) is 0 Å². The number of hydrogen-bond acceptors (Lipinski definition) is 22. The van der Waals surface area contributed by atoms with E-state index in [-0.39, 0.29) is 186 Å². The number of rotatable bonds is 22. The molecule has 0 heterocycles. The molecule has 0 rings (SSSR count). The Balaban J connectivity index is -0.0000000642. The standard InChI is InChI=1S/C16H18O18.C7H12O13P2.6Na.6H/c17-5(18)1-15(31,13(27)28)3-7(21)33-9(11(23)24)10(12(25)26)34-8(22)4-16(32,14(29)30)2-6(19)20;1-3(8)6(11)18-7(12)4(9)2-5(10)19-22(16,17)20-21(13,14)15;;;;;;;;;;;;/h9-10,31-32H,1-4H2,(H,17,18)(H,19,20)(H,23,24)(H,25,26)(H,27,28)(H,29,30);3-4,8-9H,2H2,1H3,(H,16,17)(H2,13,14,15);;;;;;;;;;;;/q;;6*+1;6*-1. The van der Waals surface area contributed by atoms with Gasteiger partial charge in [0.05, 0.1) is 32.1 Å². The third-order valence-corrected chi connectivity index (χ3v) is 7.55. The van der Waals surface area contributed by atoms with Crippen molar-refractivity contribution < 1.29 is 337 Å². The molecule has 7 unspecified atom stereocenters. The second-order valence-electron chi connectivity index (χ2n) is 10.3. The maximum Gasteiger partial charge on any atom is 1.00 e. The van der Waals surface area contributed by atoms with Gasteiger partial charge in [0.2, 0.25) is 12.2 Å². The molecule has 0 aromatic rings. The molecule has 0 saturated heterocycles. The van der Waals surface area contributed by atoms with Crippen molar-refractivity contribution in [3.05, 3.63) is 0 Å². The van der Waals surface area contributed by atoms with Gasteiger partial charge in [-0.15, -0.1) is 0 Å². The Kier molecular flexibility index (Phi) is 45.7. The number of aliphatic hydroxyl groups excluding tert-OH is 2. The van der Waals surface area contributed by atoms with E-state index in [1.807, 2.05) is 0 Å². The third kappa shape index (κ3) is 33.9. The Labute approximate surface area is 486 Å². The number of carbonyl (C=O) groups excluding carboxylic acids is 5. The van der Waals surface area contributed by atoms with Crippen LogP contribution in [0.2, 0.25) is 0 Å². The van der Waals surface area contributed by atoms with E-state index in [0.717, 1.165) is 6.92 Å². The Morgan fingerprint density at radius 1 is 0.565 bits per heavy atom. The number of carboxylic acid groups (broad SMARTS) is 6. The molecule has 62 heavy (non-hydrogen) atoms. The predicted octanol–water partition coefficient (Wildman–Crippen LogP) is -23.0. The number of aliphatic hydroxyl groups is 4. The van der Waals surface area contributed by atoms with E-state index in [1.54, 1.807) is 0 Å². The first-order valence-electron chi connectivity index (χ1n) is 13.7. The van der Waals surface area contributed by atoms with Crippen molar-refractivity contribution in [2.75, 3.05) is 0 Å². The van der Waals surface area contributed by atoms with E-state index in [9.17, 15) is 77.2 Å². The van der Waals surface area contributed by atoms with Gasteiger partial charge < -0.3 is 88.1 Å². The van der Waals surface area contributed by atoms with Crippen molar-refractivity contribution in [2.45, 2.75) is 74.6 Å². The molecule has 0 bridgehead atoms. The summed E-state index contributed by atoms with van der Waals surface area (Å²) in [5.74, 6) is -21.6. The molecule has 0 spiro atoms. The topological polar surface area (TPSA) is 531 Å². The molecule has 0 radical (unpaired) electrons. The zero-order valence-electron chi connectivity index (χ0n) is 39.4. The van der Waals surface area contributed by atoms with Gasteiger partial charge in [0, 0.05) is 0 Å². The van der Waals surface area contributed by atoms with Crippen LogP contribution in [-0.2, 0) is 84.9 Å². The van der Waals surface area contributed by atoms with Crippen LogP contribution in [0.3, 0.4) is 0 Å². The Hall–Kier alpha value is 0.510. The molecule has 0 aromatic carbocycles. The van der Waals surface area contributed by atoms with Gasteiger partial charge >= 0.3 is 259 Å². The van der Waals surface area contributed by atoms with Gasteiger partial charge in [-0.3, -0.25) is 28.9 Å². The molecule has 0 saturated carbocycles. The maximum atomic E-state index is 11.9. The zero-order chi connectivity index (χ0) is 44.7. The minimum atomic E-state index is -5.48. The monoisotopic (exact) mass is 1010 g/mol. The van der Waals surface area contributed by atoms with Gasteiger partial charge in [0.15, 0.2) is 17.3 Å². The second kappa shape index (κ2) is 35.6. The van der Waals surface area contributed by atoms with Crippen molar-refractivity contribution in [2.24, 2.45) is 0 Å². The van der Waals surface area contributed by atoms with Crippen molar-refractivity contribution >= 4 is 81.3 Å². The van der Waals surface area contributed by atoms with Crippen LogP contribution in [0.25, 0.3) is 0 Å². The van der Waals surface area contributed by atoms with Crippen LogP contribution < -0.4 is 177 Å². The van der Waals surface area contributed by atoms with Gasteiger partial charge in [-0.2, -0.15) is 4.31 Å². The fourth-order valence-corrected chi connectivity index (χ4v) is 4.61. The number of phosphoric ester groups is 1. The summed E-state index contributed by atoms with van der Waals surface area (Å²) in [7, 11) is -10.9. The van der Waals surface area contributed by atoms with Crippen LogP contribution in [0.4, 0.5) is 0 Å². The Bertz CT molecular complexity index is 1640. The summed E-state index contributed by atoms with van der Waals surface area (Å²) < 4.78 is 40.6. The largest absolute Gasteiger partial charge is 1.00 e. The molecule has 31 nitrogen and oxygen atoms in total. The summed E-state index contributed by atoms with van der Waals surface area (Å²) in [5.41, 5.74) is -6.59. The van der Waals surface area contributed by atoms with Crippen LogP contribution in [0.15, 0.2) is 0 Å².